The smallest absolute Gasteiger partial charge is 0.306 e. The van der Waals surface area contributed by atoms with Gasteiger partial charge in [0.25, 0.3) is 0 Å². The van der Waals surface area contributed by atoms with Gasteiger partial charge in [-0.15, -0.1) is 0 Å². The van der Waals surface area contributed by atoms with Gasteiger partial charge in [0, 0.05) is 11.8 Å². The largest absolute Gasteiger partial charge is 0.469 e. The van der Waals surface area contributed by atoms with Crippen LogP contribution < -0.4 is 0 Å². The molecule has 0 radical (unpaired) electrons. The summed E-state index contributed by atoms with van der Waals surface area (Å²) < 4.78 is 4.46. The van der Waals surface area contributed by atoms with Crippen LogP contribution in [0.4, 0.5) is 0 Å². The van der Waals surface area contributed by atoms with Crippen LogP contribution in [0.3, 0.4) is 0 Å². The van der Waals surface area contributed by atoms with E-state index in [1.54, 1.807) is 6.92 Å². The first-order chi connectivity index (χ1) is 5.49. The van der Waals surface area contributed by atoms with Crippen molar-refractivity contribution in [2.75, 3.05) is 7.11 Å². The van der Waals surface area contributed by atoms with Crippen LogP contribution in [0.2, 0.25) is 0 Å². The zero-order valence-electron chi connectivity index (χ0n) is 8.09. The summed E-state index contributed by atoms with van der Waals surface area (Å²) in [6.07, 6.45) is 0.188. The van der Waals surface area contributed by atoms with Crippen molar-refractivity contribution in [3.8, 4) is 0 Å². The van der Waals surface area contributed by atoms with Crippen molar-refractivity contribution in [2.24, 2.45) is 11.8 Å². The van der Waals surface area contributed by atoms with Crippen molar-refractivity contribution in [3.05, 3.63) is 0 Å². The third-order valence-electron chi connectivity index (χ3n) is 1.76. The molecule has 12 heavy (non-hydrogen) atoms. The number of rotatable bonds is 4. The topological polar surface area (TPSA) is 43.4 Å². The molecular formula is C9H16O3. The number of methoxy groups -OCH3 is 1. The van der Waals surface area contributed by atoms with Crippen LogP contribution >= 0.6 is 0 Å². The third-order valence-corrected chi connectivity index (χ3v) is 1.76. The van der Waals surface area contributed by atoms with Gasteiger partial charge in [-0.2, -0.15) is 0 Å². The molecule has 0 N–H and O–H groups in total. The van der Waals surface area contributed by atoms with E-state index in [0.717, 1.165) is 0 Å². The molecule has 0 rings (SSSR count). The van der Waals surface area contributed by atoms with Gasteiger partial charge in [-0.1, -0.05) is 20.8 Å². The van der Waals surface area contributed by atoms with E-state index in [1.165, 1.54) is 7.11 Å². The van der Waals surface area contributed by atoms with Gasteiger partial charge >= 0.3 is 5.97 Å². The predicted molar refractivity (Wildman–Crippen MR) is 45.6 cm³/mol. The summed E-state index contributed by atoms with van der Waals surface area (Å²) >= 11 is 0. The fourth-order valence-corrected chi connectivity index (χ4v) is 1.00. The molecule has 0 saturated carbocycles. The maximum Gasteiger partial charge on any atom is 0.306 e. The Morgan fingerprint density at radius 1 is 1.25 bits per heavy atom. The van der Waals surface area contributed by atoms with Crippen molar-refractivity contribution >= 4 is 11.8 Å². The van der Waals surface area contributed by atoms with E-state index >= 15 is 0 Å². The Hall–Kier alpha value is -0.860. The molecule has 0 heterocycles. The van der Waals surface area contributed by atoms with Crippen LogP contribution in [0.5, 0.6) is 0 Å². The number of ether oxygens (including phenoxy) is 1. The first kappa shape index (κ1) is 11.1. The van der Waals surface area contributed by atoms with Gasteiger partial charge < -0.3 is 4.74 Å². The minimum absolute atomic E-state index is 0.00958. The maximum atomic E-state index is 11.3. The number of esters is 1. The quantitative estimate of drug-likeness (QED) is 0.602. The zero-order valence-corrected chi connectivity index (χ0v) is 8.09. The monoisotopic (exact) mass is 172 g/mol. The summed E-state index contributed by atoms with van der Waals surface area (Å²) in [6, 6.07) is 0. The van der Waals surface area contributed by atoms with Gasteiger partial charge in [0.15, 0.2) is 0 Å². The van der Waals surface area contributed by atoms with Crippen LogP contribution in [0.25, 0.3) is 0 Å². The molecule has 0 aromatic rings. The van der Waals surface area contributed by atoms with E-state index in [4.69, 9.17) is 0 Å². The van der Waals surface area contributed by atoms with E-state index in [1.807, 2.05) is 13.8 Å². The molecule has 0 amide bonds. The minimum Gasteiger partial charge on any atom is -0.469 e. The van der Waals surface area contributed by atoms with E-state index in [0.29, 0.717) is 0 Å². The van der Waals surface area contributed by atoms with Crippen LogP contribution in [-0.2, 0) is 14.3 Å². The standard InChI is InChI=1S/C9H16O3/c1-6(2)9(11)7(3)5-8(10)12-4/h6-7H,5H2,1-4H3. The Bertz CT molecular complexity index is 173. The van der Waals surface area contributed by atoms with Crippen LogP contribution in [-0.4, -0.2) is 18.9 Å². The van der Waals surface area contributed by atoms with Gasteiger partial charge in [0.05, 0.1) is 13.5 Å². The molecule has 0 spiro atoms. The van der Waals surface area contributed by atoms with Crippen molar-refractivity contribution in [2.45, 2.75) is 27.2 Å². The Labute approximate surface area is 73.1 Å². The molecule has 70 valence electrons. The highest BCUT2D eigenvalue weighted by atomic mass is 16.5. The van der Waals surface area contributed by atoms with Gasteiger partial charge in [0.2, 0.25) is 0 Å². The third kappa shape index (κ3) is 3.51. The second kappa shape index (κ2) is 4.91. The second-order valence-electron chi connectivity index (χ2n) is 3.24. The first-order valence-corrected chi connectivity index (χ1v) is 4.09. The molecule has 0 aliphatic heterocycles. The summed E-state index contributed by atoms with van der Waals surface area (Å²) in [5.74, 6) is -0.445. The first-order valence-electron chi connectivity index (χ1n) is 4.09. The molecule has 1 unspecified atom stereocenters. The summed E-state index contributed by atoms with van der Waals surface area (Å²) in [6.45, 7) is 5.41. The highest BCUT2D eigenvalue weighted by Crippen LogP contribution is 2.10. The molecule has 0 aromatic heterocycles. The van der Waals surface area contributed by atoms with Crippen molar-refractivity contribution in [1.29, 1.82) is 0 Å². The lowest BCUT2D eigenvalue weighted by molar-refractivity contribution is -0.144. The van der Waals surface area contributed by atoms with Gasteiger partial charge in [-0.25, -0.2) is 0 Å². The van der Waals surface area contributed by atoms with E-state index in [2.05, 4.69) is 4.74 Å². The molecule has 0 bridgehead atoms. The summed E-state index contributed by atoms with van der Waals surface area (Å²) in [7, 11) is 1.33. The maximum absolute atomic E-state index is 11.3. The Kier molecular flexibility index (Phi) is 4.55. The number of hydrogen-bond acceptors (Lipinski definition) is 3. The lowest BCUT2D eigenvalue weighted by atomic mass is 9.94. The Morgan fingerprint density at radius 2 is 1.75 bits per heavy atom. The number of ketones is 1. The predicted octanol–water partition coefficient (Wildman–Crippen LogP) is 1.41. The van der Waals surface area contributed by atoms with E-state index < -0.39 is 0 Å². The lowest BCUT2D eigenvalue weighted by Gasteiger charge is -2.10. The van der Waals surface area contributed by atoms with Crippen molar-refractivity contribution < 1.29 is 14.3 Å². The molecule has 1 atom stereocenters. The molecule has 3 nitrogen and oxygen atoms in total. The van der Waals surface area contributed by atoms with Crippen LogP contribution in [0.1, 0.15) is 27.2 Å². The second-order valence-corrected chi connectivity index (χ2v) is 3.24. The number of hydrogen-bond donors (Lipinski definition) is 0. The Morgan fingerprint density at radius 3 is 2.08 bits per heavy atom. The van der Waals surface area contributed by atoms with Gasteiger partial charge in [-0.3, -0.25) is 9.59 Å². The van der Waals surface area contributed by atoms with E-state index in [-0.39, 0.29) is 30.0 Å². The molecule has 0 aromatic carbocycles. The molecule has 0 fully saturated rings. The summed E-state index contributed by atoms with van der Waals surface area (Å²) in [5, 5.41) is 0. The summed E-state index contributed by atoms with van der Waals surface area (Å²) in [5.41, 5.74) is 0. The fourth-order valence-electron chi connectivity index (χ4n) is 1.00. The number of carbonyl (C=O) groups excluding carboxylic acids is 2. The molecule has 0 aliphatic rings. The average Bonchev–Trinajstić information content (AvgIpc) is 2.02. The normalized spacial score (nSPS) is 12.8. The number of Topliss-reactive ketones (excluding diaryl/α,β-unsaturated/α-hetero) is 1. The SMILES string of the molecule is COC(=O)CC(C)C(=O)C(C)C. The minimum atomic E-state index is -0.323. The summed E-state index contributed by atoms with van der Waals surface area (Å²) in [4.78, 5) is 22.1. The molecule has 0 aliphatic carbocycles. The fraction of sp³-hybridized carbons (Fsp3) is 0.778. The van der Waals surface area contributed by atoms with Crippen molar-refractivity contribution in [3.63, 3.8) is 0 Å². The number of carbonyl (C=O) groups is 2. The molecule has 0 saturated heterocycles. The van der Waals surface area contributed by atoms with Crippen LogP contribution in [0.15, 0.2) is 0 Å². The van der Waals surface area contributed by atoms with Crippen LogP contribution in [0, 0.1) is 11.8 Å². The molecule has 3 heteroatoms. The van der Waals surface area contributed by atoms with Gasteiger partial charge in [0.1, 0.15) is 5.78 Å². The van der Waals surface area contributed by atoms with Gasteiger partial charge in [-0.05, 0) is 0 Å². The van der Waals surface area contributed by atoms with E-state index in [9.17, 15) is 9.59 Å². The zero-order chi connectivity index (χ0) is 9.72. The van der Waals surface area contributed by atoms with Crippen molar-refractivity contribution in [1.82, 2.24) is 0 Å². The lowest BCUT2D eigenvalue weighted by Crippen LogP contribution is -2.20. The molecular weight excluding hydrogens is 156 g/mol. The highest BCUT2D eigenvalue weighted by Gasteiger charge is 2.19. The average molecular weight is 172 g/mol. The highest BCUT2D eigenvalue weighted by molar-refractivity contribution is 5.86. The Balaban J connectivity index is 3.95.